The van der Waals surface area contributed by atoms with Gasteiger partial charge in [0.25, 0.3) is 0 Å². The van der Waals surface area contributed by atoms with E-state index in [1.807, 2.05) is 12.1 Å². The Labute approximate surface area is 137 Å². The molecule has 0 bridgehead atoms. The number of nitrogens with two attached hydrogens (primary N) is 1. The molecule has 0 aliphatic rings. The first-order valence-corrected chi connectivity index (χ1v) is 7.81. The molecule has 0 aliphatic carbocycles. The van der Waals surface area contributed by atoms with Crippen LogP contribution >= 0.6 is 0 Å². The largest absolute Gasteiger partial charge is 0.465 e. The molecule has 1 rings (SSSR count). The van der Waals surface area contributed by atoms with Crippen LogP contribution in [0.3, 0.4) is 0 Å². The second-order valence-corrected chi connectivity index (χ2v) is 5.47. The lowest BCUT2D eigenvalue weighted by molar-refractivity contribution is -0.143. The summed E-state index contributed by atoms with van der Waals surface area (Å²) in [5.74, 6) is -0.577. The maximum atomic E-state index is 11.7. The molecule has 126 valence electrons. The quantitative estimate of drug-likeness (QED) is 0.310. The van der Waals surface area contributed by atoms with E-state index in [-0.39, 0.29) is 18.4 Å². The minimum Gasteiger partial charge on any atom is -0.465 e. The average molecular weight is 319 g/mol. The molecular formula is C18H25NO4. The number of hydrogen-bond acceptors (Lipinski definition) is 5. The fraction of sp³-hybridized carbons (Fsp3) is 0.444. The lowest BCUT2D eigenvalue weighted by Gasteiger charge is -2.06. The molecule has 0 atom stereocenters. The third-order valence-electron chi connectivity index (χ3n) is 3.21. The number of hydrogen-bond donors (Lipinski definition) is 1. The summed E-state index contributed by atoms with van der Waals surface area (Å²) in [6.45, 7) is 5.96. The number of anilines is 1. The van der Waals surface area contributed by atoms with Gasteiger partial charge >= 0.3 is 11.9 Å². The van der Waals surface area contributed by atoms with Gasteiger partial charge < -0.3 is 15.2 Å². The van der Waals surface area contributed by atoms with E-state index in [0.29, 0.717) is 24.5 Å². The molecule has 0 aliphatic heterocycles. The summed E-state index contributed by atoms with van der Waals surface area (Å²) in [5, 5.41) is 0. The first-order chi connectivity index (χ1) is 11.0. The molecule has 23 heavy (non-hydrogen) atoms. The van der Waals surface area contributed by atoms with Gasteiger partial charge in [-0.15, -0.1) is 0 Å². The minimum atomic E-state index is -0.346. The Morgan fingerprint density at radius 2 is 1.57 bits per heavy atom. The number of benzene rings is 1. The van der Waals surface area contributed by atoms with E-state index < -0.39 is 0 Å². The molecule has 0 radical (unpaired) electrons. The van der Waals surface area contributed by atoms with Gasteiger partial charge in [0.15, 0.2) is 0 Å². The molecule has 0 aromatic heterocycles. The number of nitrogen functional groups attached to an aromatic ring is 1. The van der Waals surface area contributed by atoms with Crippen LogP contribution in [-0.4, -0.2) is 25.2 Å². The summed E-state index contributed by atoms with van der Waals surface area (Å²) in [6, 6.07) is 7.18. The monoisotopic (exact) mass is 319 g/mol. The van der Waals surface area contributed by atoms with Gasteiger partial charge in [0.05, 0.1) is 19.6 Å². The van der Waals surface area contributed by atoms with Crippen LogP contribution in [0, 0.1) is 0 Å². The lowest BCUT2D eigenvalue weighted by Crippen LogP contribution is -2.09. The smallest absolute Gasteiger partial charge is 0.333 e. The van der Waals surface area contributed by atoms with Crippen molar-refractivity contribution in [3.63, 3.8) is 0 Å². The highest BCUT2D eigenvalue weighted by molar-refractivity contribution is 5.86. The summed E-state index contributed by atoms with van der Waals surface area (Å²) >= 11 is 0. The Hall–Kier alpha value is -2.30. The van der Waals surface area contributed by atoms with Crippen molar-refractivity contribution in [2.75, 3.05) is 18.9 Å². The Morgan fingerprint density at radius 1 is 1.00 bits per heavy atom. The van der Waals surface area contributed by atoms with Gasteiger partial charge in [-0.05, 0) is 50.3 Å². The zero-order valence-corrected chi connectivity index (χ0v) is 13.7. The Morgan fingerprint density at radius 3 is 2.13 bits per heavy atom. The molecule has 1 aromatic rings. The van der Waals surface area contributed by atoms with Crippen LogP contribution in [0.2, 0.25) is 0 Å². The fourth-order valence-electron chi connectivity index (χ4n) is 1.88. The predicted molar refractivity (Wildman–Crippen MR) is 89.8 cm³/mol. The van der Waals surface area contributed by atoms with E-state index >= 15 is 0 Å². The Bertz CT molecular complexity index is 522. The molecule has 5 nitrogen and oxygen atoms in total. The molecule has 1 aromatic carbocycles. The summed E-state index contributed by atoms with van der Waals surface area (Å²) < 4.78 is 10.2. The van der Waals surface area contributed by atoms with Crippen LogP contribution in [0.1, 0.15) is 38.2 Å². The van der Waals surface area contributed by atoms with Crippen molar-refractivity contribution in [1.82, 2.24) is 0 Å². The number of carbonyl (C=O) groups excluding carboxylic acids is 2. The van der Waals surface area contributed by atoms with Crippen molar-refractivity contribution in [2.45, 2.75) is 39.0 Å². The van der Waals surface area contributed by atoms with Gasteiger partial charge in [-0.2, -0.15) is 0 Å². The van der Waals surface area contributed by atoms with E-state index in [1.54, 1.807) is 19.1 Å². The SMILES string of the molecule is C=C(C)C(=O)OCCCCCCOC(=O)Cc1ccc(N)cc1. The van der Waals surface area contributed by atoms with Crippen molar-refractivity contribution in [2.24, 2.45) is 0 Å². The van der Waals surface area contributed by atoms with Crippen LogP contribution in [0.15, 0.2) is 36.4 Å². The predicted octanol–water partition coefficient (Wildman–Crippen LogP) is 3.03. The first kappa shape index (κ1) is 18.7. The molecular weight excluding hydrogens is 294 g/mol. The Kier molecular flexibility index (Phi) is 8.50. The molecule has 0 spiro atoms. The third-order valence-corrected chi connectivity index (χ3v) is 3.21. The highest BCUT2D eigenvalue weighted by atomic mass is 16.5. The topological polar surface area (TPSA) is 78.6 Å². The lowest BCUT2D eigenvalue weighted by atomic mass is 10.1. The van der Waals surface area contributed by atoms with Crippen LogP contribution in [0.5, 0.6) is 0 Å². The van der Waals surface area contributed by atoms with Gasteiger partial charge in [0.2, 0.25) is 0 Å². The van der Waals surface area contributed by atoms with Crippen molar-refractivity contribution in [3.05, 3.63) is 42.0 Å². The van der Waals surface area contributed by atoms with E-state index in [9.17, 15) is 9.59 Å². The molecule has 0 saturated heterocycles. The maximum Gasteiger partial charge on any atom is 0.333 e. The first-order valence-electron chi connectivity index (χ1n) is 7.81. The van der Waals surface area contributed by atoms with Crippen molar-refractivity contribution in [1.29, 1.82) is 0 Å². The highest BCUT2D eigenvalue weighted by Crippen LogP contribution is 2.07. The highest BCUT2D eigenvalue weighted by Gasteiger charge is 2.05. The van der Waals surface area contributed by atoms with Crippen LogP contribution in [0.4, 0.5) is 5.69 Å². The molecule has 2 N–H and O–H groups in total. The van der Waals surface area contributed by atoms with Gasteiger partial charge in [-0.1, -0.05) is 18.7 Å². The summed E-state index contributed by atoms with van der Waals surface area (Å²) in [5.41, 5.74) is 7.57. The van der Waals surface area contributed by atoms with E-state index in [0.717, 1.165) is 31.2 Å². The van der Waals surface area contributed by atoms with Crippen molar-refractivity contribution in [3.8, 4) is 0 Å². The number of rotatable bonds is 10. The molecule has 0 heterocycles. The average Bonchev–Trinajstić information content (AvgIpc) is 2.51. The van der Waals surface area contributed by atoms with Gasteiger partial charge in [0, 0.05) is 11.3 Å². The summed E-state index contributed by atoms with van der Waals surface area (Å²) in [7, 11) is 0. The standard InChI is InChI=1S/C18H25NO4/c1-14(2)18(21)23-12-6-4-3-5-11-22-17(20)13-15-7-9-16(19)10-8-15/h7-10H,1,3-6,11-13,19H2,2H3. The second-order valence-electron chi connectivity index (χ2n) is 5.47. The fourth-order valence-corrected chi connectivity index (χ4v) is 1.88. The Balaban J connectivity index is 2.00. The van der Waals surface area contributed by atoms with Gasteiger partial charge in [0.1, 0.15) is 0 Å². The van der Waals surface area contributed by atoms with Crippen LogP contribution < -0.4 is 5.73 Å². The molecule has 5 heteroatoms. The van der Waals surface area contributed by atoms with Crippen LogP contribution in [0.25, 0.3) is 0 Å². The number of ether oxygens (including phenoxy) is 2. The number of esters is 2. The van der Waals surface area contributed by atoms with Crippen molar-refractivity contribution >= 4 is 17.6 Å². The maximum absolute atomic E-state index is 11.7. The molecule has 0 amide bonds. The molecule has 0 fully saturated rings. The summed E-state index contributed by atoms with van der Waals surface area (Å²) in [4.78, 5) is 22.8. The van der Waals surface area contributed by atoms with Crippen LogP contribution in [-0.2, 0) is 25.5 Å². The second kappa shape index (κ2) is 10.4. The zero-order valence-electron chi connectivity index (χ0n) is 13.7. The van der Waals surface area contributed by atoms with E-state index in [1.165, 1.54) is 0 Å². The number of carbonyl (C=O) groups is 2. The normalized spacial score (nSPS) is 10.1. The number of unbranched alkanes of at least 4 members (excludes halogenated alkanes) is 3. The molecule has 0 unspecified atom stereocenters. The third kappa shape index (κ3) is 8.66. The van der Waals surface area contributed by atoms with Crippen molar-refractivity contribution < 1.29 is 19.1 Å². The molecule has 0 saturated carbocycles. The van der Waals surface area contributed by atoms with Gasteiger partial charge in [-0.25, -0.2) is 4.79 Å². The van der Waals surface area contributed by atoms with E-state index in [2.05, 4.69) is 6.58 Å². The van der Waals surface area contributed by atoms with E-state index in [4.69, 9.17) is 15.2 Å². The summed E-state index contributed by atoms with van der Waals surface area (Å²) in [6.07, 6.45) is 3.73. The zero-order chi connectivity index (χ0) is 17.1. The minimum absolute atomic E-state index is 0.231. The van der Waals surface area contributed by atoms with Gasteiger partial charge in [-0.3, -0.25) is 4.79 Å².